The molecule has 0 atom stereocenters. The predicted molar refractivity (Wildman–Crippen MR) is 94.7 cm³/mol. The molecule has 1 aliphatic rings. The van der Waals surface area contributed by atoms with Crippen molar-refractivity contribution in [3.63, 3.8) is 0 Å². The first kappa shape index (κ1) is 14.3. The Balaban J connectivity index is 1.92. The van der Waals surface area contributed by atoms with Crippen LogP contribution in [-0.4, -0.2) is 0 Å². The lowest BCUT2D eigenvalue weighted by Gasteiger charge is -2.11. The van der Waals surface area contributed by atoms with Crippen LogP contribution in [0.5, 0.6) is 0 Å². The van der Waals surface area contributed by atoms with E-state index in [0.29, 0.717) is 0 Å². The van der Waals surface area contributed by atoms with Crippen molar-refractivity contribution >= 4 is 0 Å². The van der Waals surface area contributed by atoms with Crippen LogP contribution in [0.4, 0.5) is 0 Å². The molecule has 0 aromatic heterocycles. The number of rotatable bonds is 4. The van der Waals surface area contributed by atoms with E-state index < -0.39 is 0 Å². The maximum Gasteiger partial charge on any atom is -0.00229 e. The molecule has 0 amide bonds. The first-order valence-corrected chi connectivity index (χ1v) is 7.73. The lowest BCUT2D eigenvalue weighted by molar-refractivity contribution is 1.10. The summed E-state index contributed by atoms with van der Waals surface area (Å²) in [5, 5.41) is 0. The molecular formula is C22H20. The van der Waals surface area contributed by atoms with Crippen LogP contribution in [0.15, 0.2) is 108 Å². The van der Waals surface area contributed by atoms with Crippen LogP contribution in [0.1, 0.15) is 11.1 Å². The van der Waals surface area contributed by atoms with Crippen molar-refractivity contribution in [3.8, 4) is 0 Å². The van der Waals surface area contributed by atoms with Crippen LogP contribution in [-0.2, 0) is 12.8 Å². The summed E-state index contributed by atoms with van der Waals surface area (Å²) in [6, 6.07) is 21.3. The van der Waals surface area contributed by atoms with Gasteiger partial charge in [0.25, 0.3) is 0 Å². The Morgan fingerprint density at radius 1 is 0.455 bits per heavy atom. The summed E-state index contributed by atoms with van der Waals surface area (Å²) in [5.41, 5.74) is 5.47. The molecule has 108 valence electrons. The zero-order valence-corrected chi connectivity index (χ0v) is 12.7. The van der Waals surface area contributed by atoms with Crippen molar-refractivity contribution in [2.24, 2.45) is 0 Å². The molecule has 0 nitrogen and oxygen atoms in total. The van der Waals surface area contributed by atoms with Crippen molar-refractivity contribution in [2.75, 3.05) is 0 Å². The first-order valence-electron chi connectivity index (χ1n) is 7.73. The summed E-state index contributed by atoms with van der Waals surface area (Å²) in [6.07, 6.45) is 14.9. The Kier molecular flexibility index (Phi) is 4.84. The van der Waals surface area contributed by atoms with Crippen LogP contribution in [0.2, 0.25) is 0 Å². The van der Waals surface area contributed by atoms with Gasteiger partial charge in [-0.25, -0.2) is 0 Å². The molecule has 0 bridgehead atoms. The first-order chi connectivity index (χ1) is 10.9. The van der Waals surface area contributed by atoms with E-state index in [1.807, 2.05) is 0 Å². The maximum absolute atomic E-state index is 2.24. The van der Waals surface area contributed by atoms with Gasteiger partial charge in [-0.05, 0) is 35.1 Å². The molecule has 0 heteroatoms. The van der Waals surface area contributed by atoms with Gasteiger partial charge in [0.05, 0.1) is 0 Å². The number of hydrogen-bond donors (Lipinski definition) is 0. The van der Waals surface area contributed by atoms with Gasteiger partial charge >= 0.3 is 0 Å². The molecule has 2 aromatic carbocycles. The maximum atomic E-state index is 2.24. The predicted octanol–water partition coefficient (Wildman–Crippen LogP) is 5.45. The highest BCUT2D eigenvalue weighted by atomic mass is 14.1. The Morgan fingerprint density at radius 2 is 0.864 bits per heavy atom. The lowest BCUT2D eigenvalue weighted by Crippen LogP contribution is -1.97. The average molecular weight is 284 g/mol. The van der Waals surface area contributed by atoms with Crippen LogP contribution >= 0.6 is 0 Å². The molecule has 1 aliphatic carbocycles. The van der Waals surface area contributed by atoms with E-state index in [4.69, 9.17) is 0 Å². The van der Waals surface area contributed by atoms with Crippen molar-refractivity contribution in [3.05, 3.63) is 119 Å². The fourth-order valence-electron chi connectivity index (χ4n) is 2.66. The molecule has 0 fully saturated rings. The summed E-state index contributed by atoms with van der Waals surface area (Å²) in [4.78, 5) is 0. The highest BCUT2D eigenvalue weighted by molar-refractivity contribution is 5.43. The fourth-order valence-corrected chi connectivity index (χ4v) is 2.66. The molecule has 0 saturated carbocycles. The van der Waals surface area contributed by atoms with Crippen molar-refractivity contribution < 1.29 is 0 Å². The Bertz CT molecular complexity index is 650. The van der Waals surface area contributed by atoms with Crippen LogP contribution < -0.4 is 0 Å². The Hall–Kier alpha value is -2.60. The minimum Gasteiger partial charge on any atom is -0.0623 e. The second-order valence-electron chi connectivity index (χ2n) is 5.48. The second-order valence-corrected chi connectivity index (χ2v) is 5.48. The van der Waals surface area contributed by atoms with Gasteiger partial charge in [-0.15, -0.1) is 0 Å². The third-order valence-electron chi connectivity index (χ3n) is 3.82. The van der Waals surface area contributed by atoms with E-state index in [9.17, 15) is 0 Å². The van der Waals surface area contributed by atoms with E-state index in [2.05, 4.69) is 97.1 Å². The largest absolute Gasteiger partial charge is 0.0623 e. The summed E-state index contributed by atoms with van der Waals surface area (Å²) in [6.45, 7) is 0. The second kappa shape index (κ2) is 7.42. The van der Waals surface area contributed by atoms with Gasteiger partial charge in [0.1, 0.15) is 0 Å². The van der Waals surface area contributed by atoms with Gasteiger partial charge in [-0.2, -0.15) is 0 Å². The summed E-state index contributed by atoms with van der Waals surface area (Å²) in [7, 11) is 0. The van der Waals surface area contributed by atoms with Gasteiger partial charge in [0.15, 0.2) is 0 Å². The minimum absolute atomic E-state index is 0.970. The van der Waals surface area contributed by atoms with E-state index in [-0.39, 0.29) is 0 Å². The molecule has 3 rings (SSSR count). The fraction of sp³-hybridized carbons (Fsp3) is 0.0909. The van der Waals surface area contributed by atoms with Crippen LogP contribution in [0.3, 0.4) is 0 Å². The zero-order chi connectivity index (χ0) is 15.0. The molecule has 0 unspecified atom stereocenters. The van der Waals surface area contributed by atoms with Gasteiger partial charge in [0, 0.05) is 0 Å². The molecule has 0 heterocycles. The molecular weight excluding hydrogens is 264 g/mol. The molecule has 0 N–H and O–H groups in total. The van der Waals surface area contributed by atoms with Crippen LogP contribution in [0, 0.1) is 0 Å². The Morgan fingerprint density at radius 3 is 1.27 bits per heavy atom. The van der Waals surface area contributed by atoms with E-state index in [1.165, 1.54) is 22.3 Å². The topological polar surface area (TPSA) is 0 Å². The van der Waals surface area contributed by atoms with E-state index >= 15 is 0 Å². The quantitative estimate of drug-likeness (QED) is 0.700. The van der Waals surface area contributed by atoms with Crippen molar-refractivity contribution in [2.45, 2.75) is 12.8 Å². The zero-order valence-electron chi connectivity index (χ0n) is 12.7. The summed E-state index contributed by atoms with van der Waals surface area (Å²) < 4.78 is 0. The van der Waals surface area contributed by atoms with Crippen molar-refractivity contribution in [1.29, 1.82) is 0 Å². The van der Waals surface area contributed by atoms with Crippen molar-refractivity contribution in [1.82, 2.24) is 0 Å². The smallest absolute Gasteiger partial charge is 0.00229 e. The molecule has 0 radical (unpaired) electrons. The Labute approximate surface area is 132 Å². The third-order valence-corrected chi connectivity index (χ3v) is 3.82. The van der Waals surface area contributed by atoms with Gasteiger partial charge in [-0.3, -0.25) is 0 Å². The molecule has 0 saturated heterocycles. The van der Waals surface area contributed by atoms with E-state index in [1.54, 1.807) is 0 Å². The monoisotopic (exact) mass is 284 g/mol. The highest BCUT2D eigenvalue weighted by Crippen LogP contribution is 2.20. The average Bonchev–Trinajstić information content (AvgIpc) is 2.55. The van der Waals surface area contributed by atoms with Gasteiger partial charge in [-0.1, -0.05) is 97.1 Å². The summed E-state index contributed by atoms with van der Waals surface area (Å²) >= 11 is 0. The molecule has 0 aliphatic heterocycles. The number of hydrogen-bond acceptors (Lipinski definition) is 0. The SMILES string of the molecule is C1=CC=CC(Cc2ccccc2)=C(Cc2ccccc2)C=C1. The van der Waals surface area contributed by atoms with E-state index in [0.717, 1.165) is 12.8 Å². The highest BCUT2D eigenvalue weighted by Gasteiger charge is 2.05. The minimum atomic E-state index is 0.970. The van der Waals surface area contributed by atoms with Gasteiger partial charge < -0.3 is 0 Å². The molecule has 0 spiro atoms. The normalized spacial score (nSPS) is 14.0. The standard InChI is InChI=1S/C22H20/c1-2-10-16-22(18-20-13-7-4-8-14-20)21(15-9-1)17-19-11-5-3-6-12-19/h1-16H,17-18H2. The van der Waals surface area contributed by atoms with Gasteiger partial charge in [0.2, 0.25) is 0 Å². The summed E-state index contributed by atoms with van der Waals surface area (Å²) in [5.74, 6) is 0. The lowest BCUT2D eigenvalue weighted by atomic mass is 9.94. The number of allylic oxidation sites excluding steroid dienone is 8. The number of benzene rings is 2. The molecule has 2 aromatic rings. The molecule has 22 heavy (non-hydrogen) atoms. The van der Waals surface area contributed by atoms with Crippen LogP contribution in [0.25, 0.3) is 0 Å². The third kappa shape index (κ3) is 3.95.